The summed E-state index contributed by atoms with van der Waals surface area (Å²) in [5, 5.41) is 36.6. The standard InChI is InChI=1S/C17H26O8/c1-9-5-3-2-4-6-10(7-12(14(18)19)15(20)21)11(9)8-13(16(22)23)17(24)25/h9-13H,2-8H2,1H3,(H,18,19)(H,20,21)(H,22,23)(H,24,25). The Kier molecular flexibility index (Phi) is 7.86. The lowest BCUT2D eigenvalue weighted by atomic mass is 9.69. The normalized spacial score (nSPS) is 24.5. The number of hydrogen-bond donors (Lipinski definition) is 4. The van der Waals surface area contributed by atoms with Crippen molar-refractivity contribution in [2.24, 2.45) is 29.6 Å². The third-order valence-electron chi connectivity index (χ3n) is 5.31. The van der Waals surface area contributed by atoms with Crippen molar-refractivity contribution in [1.29, 1.82) is 0 Å². The molecule has 25 heavy (non-hydrogen) atoms. The van der Waals surface area contributed by atoms with Gasteiger partial charge in [0.05, 0.1) is 0 Å². The molecule has 8 heteroatoms. The van der Waals surface area contributed by atoms with Gasteiger partial charge in [-0.05, 0) is 30.6 Å². The summed E-state index contributed by atoms with van der Waals surface area (Å²) >= 11 is 0. The molecule has 0 aromatic heterocycles. The van der Waals surface area contributed by atoms with Gasteiger partial charge in [-0.3, -0.25) is 19.2 Å². The highest BCUT2D eigenvalue weighted by atomic mass is 16.4. The zero-order valence-corrected chi connectivity index (χ0v) is 14.3. The van der Waals surface area contributed by atoms with Crippen LogP contribution in [0.15, 0.2) is 0 Å². The van der Waals surface area contributed by atoms with E-state index in [2.05, 4.69) is 0 Å². The second kappa shape index (κ2) is 9.39. The van der Waals surface area contributed by atoms with Crippen LogP contribution in [0.25, 0.3) is 0 Å². The number of carboxylic acids is 4. The highest BCUT2D eigenvalue weighted by Gasteiger charge is 2.39. The van der Waals surface area contributed by atoms with E-state index in [-0.39, 0.29) is 30.6 Å². The second-order valence-corrected chi connectivity index (χ2v) is 6.97. The van der Waals surface area contributed by atoms with Gasteiger partial charge in [0.15, 0.2) is 11.8 Å². The van der Waals surface area contributed by atoms with Crippen LogP contribution in [0.3, 0.4) is 0 Å². The van der Waals surface area contributed by atoms with Crippen molar-refractivity contribution in [2.45, 2.75) is 51.9 Å². The molecule has 3 unspecified atom stereocenters. The Labute approximate surface area is 145 Å². The molecule has 0 saturated heterocycles. The summed E-state index contributed by atoms with van der Waals surface area (Å²) < 4.78 is 0. The summed E-state index contributed by atoms with van der Waals surface area (Å²) in [5.74, 6) is -9.47. The Balaban J connectivity index is 3.07. The largest absolute Gasteiger partial charge is 0.481 e. The predicted octanol–water partition coefficient (Wildman–Crippen LogP) is 2.17. The van der Waals surface area contributed by atoms with Gasteiger partial charge in [-0.25, -0.2) is 0 Å². The number of rotatable bonds is 8. The Morgan fingerprint density at radius 2 is 1.20 bits per heavy atom. The van der Waals surface area contributed by atoms with Crippen LogP contribution in [0.2, 0.25) is 0 Å². The van der Waals surface area contributed by atoms with Crippen molar-refractivity contribution >= 4 is 23.9 Å². The van der Waals surface area contributed by atoms with Gasteiger partial charge in [0, 0.05) is 0 Å². The van der Waals surface area contributed by atoms with Gasteiger partial charge in [-0.15, -0.1) is 0 Å². The number of hydrogen-bond acceptors (Lipinski definition) is 4. The highest BCUT2D eigenvalue weighted by Crippen LogP contribution is 2.39. The first kappa shape index (κ1) is 20.9. The summed E-state index contributed by atoms with van der Waals surface area (Å²) in [6.07, 6.45) is 3.84. The van der Waals surface area contributed by atoms with E-state index in [0.29, 0.717) is 6.42 Å². The minimum absolute atomic E-state index is 0.00902. The van der Waals surface area contributed by atoms with Crippen LogP contribution >= 0.6 is 0 Å². The van der Waals surface area contributed by atoms with Gasteiger partial charge in [0.1, 0.15) is 0 Å². The van der Waals surface area contributed by atoms with Gasteiger partial charge in [0.25, 0.3) is 0 Å². The van der Waals surface area contributed by atoms with Crippen LogP contribution in [-0.2, 0) is 19.2 Å². The van der Waals surface area contributed by atoms with Gasteiger partial charge in [-0.1, -0.05) is 39.0 Å². The minimum Gasteiger partial charge on any atom is -0.481 e. The van der Waals surface area contributed by atoms with E-state index >= 15 is 0 Å². The molecule has 8 nitrogen and oxygen atoms in total. The summed E-state index contributed by atoms with van der Waals surface area (Å²) in [6, 6.07) is 0. The van der Waals surface area contributed by atoms with Gasteiger partial charge in [-0.2, -0.15) is 0 Å². The third-order valence-corrected chi connectivity index (χ3v) is 5.31. The van der Waals surface area contributed by atoms with Crippen LogP contribution in [0.4, 0.5) is 0 Å². The smallest absolute Gasteiger partial charge is 0.317 e. The van der Waals surface area contributed by atoms with Gasteiger partial charge >= 0.3 is 23.9 Å². The molecule has 1 rings (SSSR count). The van der Waals surface area contributed by atoms with Crippen molar-refractivity contribution in [1.82, 2.24) is 0 Å². The highest BCUT2D eigenvalue weighted by molar-refractivity contribution is 5.93. The minimum atomic E-state index is -1.57. The molecule has 3 atom stereocenters. The number of carboxylic acid groups (broad SMARTS) is 4. The van der Waals surface area contributed by atoms with E-state index in [0.717, 1.165) is 25.7 Å². The van der Waals surface area contributed by atoms with Crippen LogP contribution in [0.5, 0.6) is 0 Å². The summed E-state index contributed by atoms with van der Waals surface area (Å²) in [5.41, 5.74) is 0. The first-order valence-electron chi connectivity index (χ1n) is 8.56. The topological polar surface area (TPSA) is 149 Å². The lowest BCUT2D eigenvalue weighted by molar-refractivity contribution is -0.159. The van der Waals surface area contributed by atoms with Crippen LogP contribution in [-0.4, -0.2) is 44.3 Å². The third kappa shape index (κ3) is 6.03. The molecule has 0 aliphatic heterocycles. The lowest BCUT2D eigenvalue weighted by Crippen LogP contribution is -2.35. The van der Waals surface area contributed by atoms with E-state index in [4.69, 9.17) is 20.4 Å². The molecule has 1 aliphatic rings. The van der Waals surface area contributed by atoms with Crippen molar-refractivity contribution < 1.29 is 39.6 Å². The molecule has 0 amide bonds. The lowest BCUT2D eigenvalue weighted by Gasteiger charge is -2.35. The molecule has 0 spiro atoms. The van der Waals surface area contributed by atoms with E-state index in [1.54, 1.807) is 0 Å². The molecule has 0 bridgehead atoms. The molecule has 0 aromatic rings. The summed E-state index contributed by atoms with van der Waals surface area (Å²) in [6.45, 7) is 1.90. The molecule has 4 N–H and O–H groups in total. The fourth-order valence-electron chi connectivity index (χ4n) is 3.85. The molecule has 0 aromatic carbocycles. The molecule has 0 heterocycles. The van der Waals surface area contributed by atoms with E-state index < -0.39 is 35.7 Å². The van der Waals surface area contributed by atoms with Crippen LogP contribution < -0.4 is 0 Å². The summed E-state index contributed by atoms with van der Waals surface area (Å²) in [7, 11) is 0. The molecule has 1 aliphatic carbocycles. The number of carbonyl (C=O) groups is 4. The Hall–Kier alpha value is -2.12. The average molecular weight is 358 g/mol. The predicted molar refractivity (Wildman–Crippen MR) is 86.0 cm³/mol. The Morgan fingerprint density at radius 1 is 0.760 bits per heavy atom. The first-order chi connectivity index (χ1) is 11.6. The SMILES string of the molecule is CC1CCCCCC(CC(C(=O)O)C(=O)O)C1CC(C(=O)O)C(=O)O. The molecular formula is C17H26O8. The zero-order valence-electron chi connectivity index (χ0n) is 14.3. The van der Waals surface area contributed by atoms with Crippen molar-refractivity contribution in [3.05, 3.63) is 0 Å². The maximum Gasteiger partial charge on any atom is 0.317 e. The molecule has 1 saturated carbocycles. The molecule has 1 fully saturated rings. The van der Waals surface area contributed by atoms with Crippen LogP contribution in [0.1, 0.15) is 51.9 Å². The summed E-state index contributed by atoms with van der Waals surface area (Å²) in [4.78, 5) is 45.0. The number of aliphatic carboxylic acids is 4. The fourth-order valence-corrected chi connectivity index (χ4v) is 3.85. The Morgan fingerprint density at radius 3 is 1.68 bits per heavy atom. The zero-order chi connectivity index (χ0) is 19.1. The first-order valence-corrected chi connectivity index (χ1v) is 8.56. The second-order valence-electron chi connectivity index (χ2n) is 6.97. The van der Waals surface area contributed by atoms with E-state index in [1.165, 1.54) is 0 Å². The molecule has 0 radical (unpaired) electrons. The molecular weight excluding hydrogens is 332 g/mol. The van der Waals surface area contributed by atoms with E-state index in [9.17, 15) is 19.2 Å². The van der Waals surface area contributed by atoms with E-state index in [1.807, 2.05) is 6.92 Å². The van der Waals surface area contributed by atoms with Gasteiger partial charge in [0.2, 0.25) is 0 Å². The van der Waals surface area contributed by atoms with Crippen molar-refractivity contribution in [3.63, 3.8) is 0 Å². The van der Waals surface area contributed by atoms with Gasteiger partial charge < -0.3 is 20.4 Å². The quantitative estimate of drug-likeness (QED) is 0.482. The van der Waals surface area contributed by atoms with Crippen LogP contribution in [0, 0.1) is 29.6 Å². The van der Waals surface area contributed by atoms with Crippen molar-refractivity contribution in [3.8, 4) is 0 Å². The monoisotopic (exact) mass is 358 g/mol. The fraction of sp³-hybridized carbons (Fsp3) is 0.765. The maximum atomic E-state index is 11.3. The maximum absolute atomic E-state index is 11.3. The Bertz CT molecular complexity index is 487. The molecule has 142 valence electrons. The van der Waals surface area contributed by atoms with Crippen molar-refractivity contribution in [2.75, 3.05) is 0 Å². The average Bonchev–Trinajstić information content (AvgIpc) is 2.47.